The van der Waals surface area contributed by atoms with E-state index in [9.17, 15) is 0 Å². The number of nitriles is 1. The number of furan rings is 1. The first kappa shape index (κ1) is 11.4. The average Bonchev–Trinajstić information content (AvgIpc) is 2.86. The van der Waals surface area contributed by atoms with Gasteiger partial charge in [0.2, 0.25) is 5.76 Å². The zero-order chi connectivity index (χ0) is 12.3. The van der Waals surface area contributed by atoms with Crippen LogP contribution in [0.4, 0.5) is 0 Å². The molecule has 2 rings (SSSR count). The molecule has 0 saturated heterocycles. The summed E-state index contributed by atoms with van der Waals surface area (Å²) in [7, 11) is 1.90. The highest BCUT2D eigenvalue weighted by atomic mass is 16.3. The van der Waals surface area contributed by atoms with E-state index >= 15 is 0 Å². The van der Waals surface area contributed by atoms with Crippen LogP contribution in [0.2, 0.25) is 0 Å². The second-order valence-corrected chi connectivity index (χ2v) is 3.89. The molecule has 0 saturated carbocycles. The summed E-state index contributed by atoms with van der Waals surface area (Å²) < 4.78 is 7.06. The van der Waals surface area contributed by atoms with Gasteiger partial charge in [-0.15, -0.1) is 0 Å². The number of hydrogen-bond acceptors (Lipinski definition) is 4. The van der Waals surface area contributed by atoms with Gasteiger partial charge in [0.25, 0.3) is 0 Å². The molecule has 5 nitrogen and oxygen atoms in total. The molecule has 0 aromatic carbocycles. The topological polar surface area (TPSA) is 66.8 Å². The SMILES string of the molecule is Cc1nn(C)cc1CNCc1ccc(C#N)o1. The van der Waals surface area contributed by atoms with E-state index in [2.05, 4.69) is 10.4 Å². The maximum atomic E-state index is 8.62. The minimum atomic E-state index is 0.347. The molecule has 0 aliphatic carbocycles. The van der Waals surface area contributed by atoms with Crippen molar-refractivity contribution in [3.8, 4) is 6.07 Å². The van der Waals surface area contributed by atoms with Crippen LogP contribution in [0.3, 0.4) is 0 Å². The van der Waals surface area contributed by atoms with Crippen molar-refractivity contribution < 1.29 is 4.42 Å². The van der Waals surface area contributed by atoms with Gasteiger partial charge in [0.15, 0.2) is 0 Å². The third-order valence-corrected chi connectivity index (χ3v) is 2.50. The van der Waals surface area contributed by atoms with E-state index in [0.29, 0.717) is 12.3 Å². The molecule has 0 fully saturated rings. The molecule has 88 valence electrons. The van der Waals surface area contributed by atoms with Gasteiger partial charge in [0.05, 0.1) is 12.2 Å². The minimum absolute atomic E-state index is 0.347. The van der Waals surface area contributed by atoms with E-state index in [-0.39, 0.29) is 0 Å². The molecule has 0 spiro atoms. The van der Waals surface area contributed by atoms with Crippen LogP contribution in [-0.2, 0) is 20.1 Å². The molecule has 0 aliphatic rings. The fourth-order valence-electron chi connectivity index (χ4n) is 1.68. The monoisotopic (exact) mass is 230 g/mol. The molecule has 0 atom stereocenters. The van der Waals surface area contributed by atoms with Crippen molar-refractivity contribution in [3.63, 3.8) is 0 Å². The van der Waals surface area contributed by atoms with Gasteiger partial charge in [-0.05, 0) is 19.1 Å². The van der Waals surface area contributed by atoms with Crippen molar-refractivity contribution in [2.45, 2.75) is 20.0 Å². The van der Waals surface area contributed by atoms with E-state index < -0.39 is 0 Å². The maximum Gasteiger partial charge on any atom is 0.203 e. The first-order chi connectivity index (χ1) is 8.19. The summed E-state index contributed by atoms with van der Waals surface area (Å²) in [5.74, 6) is 1.11. The quantitative estimate of drug-likeness (QED) is 0.864. The van der Waals surface area contributed by atoms with Crippen molar-refractivity contribution >= 4 is 0 Å². The van der Waals surface area contributed by atoms with E-state index in [1.54, 1.807) is 10.7 Å². The summed E-state index contributed by atoms with van der Waals surface area (Å²) in [4.78, 5) is 0. The number of nitrogens with zero attached hydrogens (tertiary/aromatic N) is 3. The van der Waals surface area contributed by atoms with Crippen LogP contribution in [-0.4, -0.2) is 9.78 Å². The van der Waals surface area contributed by atoms with Crippen LogP contribution >= 0.6 is 0 Å². The lowest BCUT2D eigenvalue weighted by molar-refractivity contribution is 0.473. The van der Waals surface area contributed by atoms with Gasteiger partial charge < -0.3 is 9.73 Å². The molecule has 0 aliphatic heterocycles. The van der Waals surface area contributed by atoms with E-state index in [0.717, 1.165) is 18.0 Å². The Morgan fingerprint density at radius 3 is 2.88 bits per heavy atom. The number of aromatic nitrogens is 2. The van der Waals surface area contributed by atoms with Crippen molar-refractivity contribution in [2.24, 2.45) is 7.05 Å². The fourth-order valence-corrected chi connectivity index (χ4v) is 1.68. The Kier molecular flexibility index (Phi) is 3.26. The number of aryl methyl sites for hydroxylation is 2. The van der Waals surface area contributed by atoms with Gasteiger partial charge in [-0.25, -0.2) is 0 Å². The summed E-state index contributed by atoms with van der Waals surface area (Å²) in [5.41, 5.74) is 2.19. The zero-order valence-electron chi connectivity index (χ0n) is 9.90. The molecule has 2 aromatic heterocycles. The Balaban J connectivity index is 1.87. The third kappa shape index (κ3) is 2.74. The summed E-state index contributed by atoms with van der Waals surface area (Å²) in [6.45, 7) is 3.33. The number of rotatable bonds is 4. The Morgan fingerprint density at radius 1 is 1.47 bits per heavy atom. The molecule has 2 aromatic rings. The van der Waals surface area contributed by atoms with Gasteiger partial charge in [-0.1, -0.05) is 0 Å². The highest BCUT2D eigenvalue weighted by Crippen LogP contribution is 2.07. The highest BCUT2D eigenvalue weighted by molar-refractivity contribution is 5.19. The lowest BCUT2D eigenvalue weighted by Crippen LogP contribution is -2.12. The second kappa shape index (κ2) is 4.85. The number of hydrogen-bond donors (Lipinski definition) is 1. The van der Waals surface area contributed by atoms with Crippen LogP contribution in [0.1, 0.15) is 22.8 Å². The van der Waals surface area contributed by atoms with Gasteiger partial charge >= 0.3 is 0 Å². The second-order valence-electron chi connectivity index (χ2n) is 3.89. The summed E-state index contributed by atoms with van der Waals surface area (Å²) in [6, 6.07) is 5.44. The van der Waals surface area contributed by atoms with Crippen LogP contribution in [0.5, 0.6) is 0 Å². The Morgan fingerprint density at radius 2 is 2.29 bits per heavy atom. The molecule has 5 heteroatoms. The maximum absolute atomic E-state index is 8.62. The van der Waals surface area contributed by atoms with Gasteiger partial charge in [-0.2, -0.15) is 10.4 Å². The van der Waals surface area contributed by atoms with E-state index in [1.165, 1.54) is 5.56 Å². The highest BCUT2D eigenvalue weighted by Gasteiger charge is 2.04. The van der Waals surface area contributed by atoms with Crippen molar-refractivity contribution in [1.82, 2.24) is 15.1 Å². The van der Waals surface area contributed by atoms with Gasteiger partial charge in [0.1, 0.15) is 11.8 Å². The molecule has 17 heavy (non-hydrogen) atoms. The van der Waals surface area contributed by atoms with Gasteiger partial charge in [-0.3, -0.25) is 4.68 Å². The molecule has 0 amide bonds. The Labute approximate surface area is 99.7 Å². The third-order valence-electron chi connectivity index (χ3n) is 2.50. The first-order valence-electron chi connectivity index (χ1n) is 5.37. The molecular formula is C12H14N4O. The van der Waals surface area contributed by atoms with Crippen LogP contribution in [0.15, 0.2) is 22.7 Å². The zero-order valence-corrected chi connectivity index (χ0v) is 9.90. The number of nitrogens with one attached hydrogen (secondary N) is 1. The normalized spacial score (nSPS) is 10.4. The summed E-state index contributed by atoms with van der Waals surface area (Å²) in [6.07, 6.45) is 1.99. The van der Waals surface area contributed by atoms with Crippen LogP contribution in [0.25, 0.3) is 0 Å². The molecule has 0 bridgehead atoms. The Bertz CT molecular complexity index is 547. The van der Waals surface area contributed by atoms with E-state index in [1.807, 2.05) is 32.3 Å². The molecule has 0 unspecified atom stereocenters. The fraction of sp³-hybridized carbons (Fsp3) is 0.333. The van der Waals surface area contributed by atoms with Crippen molar-refractivity contribution in [2.75, 3.05) is 0 Å². The largest absolute Gasteiger partial charge is 0.449 e. The summed E-state index contributed by atoms with van der Waals surface area (Å²) in [5, 5.41) is 16.1. The van der Waals surface area contributed by atoms with Gasteiger partial charge in [0, 0.05) is 25.4 Å². The molecule has 1 N–H and O–H groups in total. The first-order valence-corrected chi connectivity index (χ1v) is 5.37. The van der Waals surface area contributed by atoms with Crippen LogP contribution < -0.4 is 5.32 Å². The lowest BCUT2D eigenvalue weighted by Gasteiger charge is -2.00. The smallest absolute Gasteiger partial charge is 0.203 e. The molecule has 2 heterocycles. The lowest BCUT2D eigenvalue weighted by atomic mass is 10.2. The van der Waals surface area contributed by atoms with Crippen molar-refractivity contribution in [3.05, 3.63) is 41.1 Å². The minimum Gasteiger partial charge on any atom is -0.449 e. The predicted octanol–water partition coefficient (Wildman–Crippen LogP) is 1.48. The van der Waals surface area contributed by atoms with E-state index in [4.69, 9.17) is 9.68 Å². The Hall–Kier alpha value is -2.06. The molecular weight excluding hydrogens is 216 g/mol. The van der Waals surface area contributed by atoms with Crippen molar-refractivity contribution in [1.29, 1.82) is 5.26 Å². The molecule has 0 radical (unpaired) electrons. The average molecular weight is 230 g/mol. The predicted molar refractivity (Wildman–Crippen MR) is 61.9 cm³/mol. The van der Waals surface area contributed by atoms with Crippen LogP contribution in [0, 0.1) is 18.3 Å². The summed E-state index contributed by atoms with van der Waals surface area (Å²) >= 11 is 0. The standard InChI is InChI=1S/C12H14N4O/c1-9-10(8-16(2)15-9)6-14-7-12-4-3-11(5-13)17-12/h3-4,8,14H,6-7H2,1-2H3.